The first-order valence-electron chi connectivity index (χ1n) is 10.2. The molecule has 3 aromatic carbocycles. The van der Waals surface area contributed by atoms with Crippen molar-refractivity contribution in [1.29, 1.82) is 0 Å². The number of imide groups is 1. The summed E-state index contributed by atoms with van der Waals surface area (Å²) in [5.41, 5.74) is 2.40. The molecule has 2 N–H and O–H groups in total. The number of halogens is 3. The number of rotatable bonds is 6. The Bertz CT molecular complexity index is 1340. The molecule has 0 spiro atoms. The second-order valence-electron chi connectivity index (χ2n) is 7.56. The van der Waals surface area contributed by atoms with Crippen LogP contribution in [-0.2, 0) is 16.1 Å². The Morgan fingerprint density at radius 3 is 2.41 bits per heavy atom. The number of nitrogens with one attached hydrogen (secondary N) is 2. The van der Waals surface area contributed by atoms with Gasteiger partial charge < -0.3 is 10.6 Å². The summed E-state index contributed by atoms with van der Waals surface area (Å²) in [5.74, 6) is -2.48. The van der Waals surface area contributed by atoms with Gasteiger partial charge >= 0.3 is 0 Å². The van der Waals surface area contributed by atoms with Crippen LogP contribution in [-0.4, -0.2) is 17.7 Å². The van der Waals surface area contributed by atoms with Gasteiger partial charge in [0.2, 0.25) is 0 Å². The van der Waals surface area contributed by atoms with Crippen LogP contribution >= 0.6 is 23.2 Å². The van der Waals surface area contributed by atoms with Crippen LogP contribution in [0, 0.1) is 12.7 Å². The Balaban J connectivity index is 1.54. The van der Waals surface area contributed by atoms with E-state index in [0.29, 0.717) is 17.8 Å². The van der Waals surface area contributed by atoms with Gasteiger partial charge in [0.25, 0.3) is 17.7 Å². The fourth-order valence-corrected chi connectivity index (χ4v) is 3.77. The third kappa shape index (κ3) is 4.66. The SMILES string of the molecule is Cc1ccc(C(=O)NCc2ccccc2)cc1NC1=C(Cl)C(=O)N(c2ccc(F)c(Cl)c2)C1=O. The fourth-order valence-electron chi connectivity index (χ4n) is 3.38. The molecule has 0 bridgehead atoms. The largest absolute Gasteiger partial charge is 0.349 e. The van der Waals surface area contributed by atoms with Gasteiger partial charge in [-0.3, -0.25) is 14.4 Å². The van der Waals surface area contributed by atoms with Gasteiger partial charge in [0.1, 0.15) is 16.5 Å². The van der Waals surface area contributed by atoms with Gasteiger partial charge in [0.15, 0.2) is 0 Å². The zero-order chi connectivity index (χ0) is 24.4. The lowest BCUT2D eigenvalue weighted by Crippen LogP contribution is -2.32. The smallest absolute Gasteiger partial charge is 0.283 e. The van der Waals surface area contributed by atoms with Gasteiger partial charge in [0, 0.05) is 17.8 Å². The number of amides is 3. The molecular weight excluding hydrogens is 480 g/mol. The van der Waals surface area contributed by atoms with E-state index in [1.165, 1.54) is 12.1 Å². The summed E-state index contributed by atoms with van der Waals surface area (Å²) < 4.78 is 13.5. The number of carbonyl (C=O) groups excluding carboxylic acids is 3. The molecule has 1 aliphatic rings. The average molecular weight is 498 g/mol. The van der Waals surface area contributed by atoms with Crippen LogP contribution in [0.1, 0.15) is 21.5 Å². The number of anilines is 2. The second-order valence-corrected chi connectivity index (χ2v) is 8.34. The lowest BCUT2D eigenvalue weighted by atomic mass is 10.1. The molecule has 6 nitrogen and oxygen atoms in total. The molecule has 0 atom stereocenters. The Morgan fingerprint density at radius 2 is 1.71 bits per heavy atom. The number of carbonyl (C=O) groups is 3. The van der Waals surface area contributed by atoms with E-state index in [4.69, 9.17) is 23.2 Å². The minimum Gasteiger partial charge on any atom is -0.349 e. The van der Waals surface area contributed by atoms with Crippen molar-refractivity contribution in [2.24, 2.45) is 0 Å². The maximum atomic E-state index is 13.5. The minimum atomic E-state index is -0.772. The van der Waals surface area contributed by atoms with E-state index in [0.717, 1.165) is 22.1 Å². The van der Waals surface area contributed by atoms with Crippen molar-refractivity contribution in [3.8, 4) is 0 Å². The first-order valence-corrected chi connectivity index (χ1v) is 10.9. The van der Waals surface area contributed by atoms with Crippen molar-refractivity contribution < 1.29 is 18.8 Å². The third-order valence-electron chi connectivity index (χ3n) is 5.24. The zero-order valence-electron chi connectivity index (χ0n) is 17.9. The summed E-state index contributed by atoms with van der Waals surface area (Å²) in [7, 11) is 0. The van der Waals surface area contributed by atoms with Crippen LogP contribution in [0.2, 0.25) is 5.02 Å². The molecule has 3 aromatic rings. The van der Waals surface area contributed by atoms with Crippen molar-refractivity contribution in [2.45, 2.75) is 13.5 Å². The van der Waals surface area contributed by atoms with Gasteiger partial charge in [-0.2, -0.15) is 0 Å². The van der Waals surface area contributed by atoms with Crippen molar-refractivity contribution >= 4 is 52.3 Å². The van der Waals surface area contributed by atoms with E-state index in [1.807, 2.05) is 30.3 Å². The molecule has 3 amide bonds. The first-order chi connectivity index (χ1) is 16.3. The first kappa shape index (κ1) is 23.5. The Kier molecular flexibility index (Phi) is 6.68. The predicted octanol–water partition coefficient (Wildman–Crippen LogP) is 5.15. The fraction of sp³-hybridized carbons (Fsp3) is 0.0800. The van der Waals surface area contributed by atoms with Crippen LogP contribution in [0.3, 0.4) is 0 Å². The van der Waals surface area contributed by atoms with Gasteiger partial charge in [-0.15, -0.1) is 0 Å². The van der Waals surface area contributed by atoms with Crippen LogP contribution < -0.4 is 15.5 Å². The number of nitrogens with zero attached hydrogens (tertiary/aromatic N) is 1. The van der Waals surface area contributed by atoms with Crippen LogP contribution in [0.4, 0.5) is 15.8 Å². The highest BCUT2D eigenvalue weighted by Crippen LogP contribution is 2.32. The number of hydrogen-bond donors (Lipinski definition) is 2. The van der Waals surface area contributed by atoms with Crippen molar-refractivity contribution in [3.05, 3.63) is 105 Å². The summed E-state index contributed by atoms with van der Waals surface area (Å²) in [6.07, 6.45) is 0. The highest BCUT2D eigenvalue weighted by atomic mass is 35.5. The molecule has 1 aliphatic heterocycles. The second kappa shape index (κ2) is 9.67. The topological polar surface area (TPSA) is 78.5 Å². The van der Waals surface area contributed by atoms with Gasteiger partial charge in [0.05, 0.1) is 10.7 Å². The van der Waals surface area contributed by atoms with Gasteiger partial charge in [-0.05, 0) is 48.4 Å². The normalized spacial score (nSPS) is 13.5. The van der Waals surface area contributed by atoms with E-state index < -0.39 is 17.6 Å². The molecule has 0 fully saturated rings. The molecule has 0 aliphatic carbocycles. The van der Waals surface area contributed by atoms with Crippen molar-refractivity contribution in [1.82, 2.24) is 5.32 Å². The monoisotopic (exact) mass is 497 g/mol. The lowest BCUT2D eigenvalue weighted by Gasteiger charge is -2.16. The standard InChI is InChI=1S/C25H18Cl2FN3O3/c1-14-7-8-16(23(32)29-13-15-5-3-2-4-6-15)11-20(14)30-22-21(27)24(33)31(25(22)34)17-9-10-19(28)18(26)12-17/h2-12,30H,13H2,1H3,(H,29,32). The van der Waals surface area contributed by atoms with E-state index in [9.17, 15) is 18.8 Å². The highest BCUT2D eigenvalue weighted by Gasteiger charge is 2.39. The molecule has 9 heteroatoms. The Labute approximate surface area is 205 Å². The molecule has 0 radical (unpaired) electrons. The molecule has 34 heavy (non-hydrogen) atoms. The summed E-state index contributed by atoms with van der Waals surface area (Å²) in [6, 6.07) is 17.9. The third-order valence-corrected chi connectivity index (χ3v) is 5.88. The zero-order valence-corrected chi connectivity index (χ0v) is 19.4. The Hall–Kier alpha value is -3.68. The molecule has 1 heterocycles. The van der Waals surface area contributed by atoms with Crippen LogP contribution in [0.25, 0.3) is 0 Å². The maximum Gasteiger partial charge on any atom is 0.283 e. The lowest BCUT2D eigenvalue weighted by molar-refractivity contribution is -0.120. The average Bonchev–Trinajstić information content (AvgIpc) is 3.04. The number of benzene rings is 3. The maximum absolute atomic E-state index is 13.5. The molecule has 0 saturated heterocycles. The molecule has 0 unspecified atom stereocenters. The van der Waals surface area contributed by atoms with Crippen molar-refractivity contribution in [3.63, 3.8) is 0 Å². The number of aryl methyl sites for hydroxylation is 1. The molecule has 4 rings (SSSR count). The van der Waals surface area contributed by atoms with E-state index >= 15 is 0 Å². The molecule has 0 aromatic heterocycles. The van der Waals surface area contributed by atoms with Crippen LogP contribution in [0.5, 0.6) is 0 Å². The van der Waals surface area contributed by atoms with E-state index in [-0.39, 0.29) is 27.3 Å². The summed E-state index contributed by atoms with van der Waals surface area (Å²) in [5, 5.41) is 5.16. The summed E-state index contributed by atoms with van der Waals surface area (Å²) in [6.45, 7) is 2.14. The van der Waals surface area contributed by atoms with Gasteiger partial charge in [-0.25, -0.2) is 9.29 Å². The molecule has 172 valence electrons. The quantitative estimate of drug-likeness (QED) is 0.461. The van der Waals surface area contributed by atoms with Crippen molar-refractivity contribution in [2.75, 3.05) is 10.2 Å². The minimum absolute atomic E-state index is 0.0853. The molecule has 0 saturated carbocycles. The summed E-state index contributed by atoms with van der Waals surface area (Å²) >= 11 is 12.0. The van der Waals surface area contributed by atoms with E-state index in [1.54, 1.807) is 25.1 Å². The highest BCUT2D eigenvalue weighted by molar-refractivity contribution is 6.53. The van der Waals surface area contributed by atoms with E-state index in [2.05, 4.69) is 10.6 Å². The Morgan fingerprint density at radius 1 is 0.971 bits per heavy atom. The van der Waals surface area contributed by atoms with Gasteiger partial charge in [-0.1, -0.05) is 59.6 Å². The number of hydrogen-bond acceptors (Lipinski definition) is 4. The summed E-state index contributed by atoms with van der Waals surface area (Å²) in [4.78, 5) is 39.1. The molecular formula is C25H18Cl2FN3O3. The van der Waals surface area contributed by atoms with Crippen LogP contribution in [0.15, 0.2) is 77.5 Å². The predicted molar refractivity (Wildman–Crippen MR) is 129 cm³/mol.